The van der Waals surface area contributed by atoms with Crippen LogP contribution in [0.3, 0.4) is 0 Å². The predicted octanol–water partition coefficient (Wildman–Crippen LogP) is 5.13. The highest BCUT2D eigenvalue weighted by Crippen LogP contribution is 2.54. The molecule has 1 aromatic heterocycles. The molecule has 2 rings (SSSR count). The molecule has 3 nitrogen and oxygen atoms in total. The van der Waals surface area contributed by atoms with Crippen LogP contribution in [0.15, 0.2) is 46.7 Å². The van der Waals surface area contributed by atoms with Gasteiger partial charge in [-0.25, -0.2) is 4.18 Å². The highest BCUT2D eigenvalue weighted by molar-refractivity contribution is 7.89. The fraction of sp³-hybridized carbons (Fsp3) is 0.231. The minimum absolute atomic E-state index is 0.147. The molecule has 12 heteroatoms. The van der Waals surface area contributed by atoms with Gasteiger partial charge in [-0.05, 0) is 12.1 Å². The minimum Gasteiger partial charge on any atom is -0.235 e. The standard InChI is InChI=1S/C13H7ClF6O3S2/c14-9-6-7-10(24-9)25(21,22)23-11(12(15,16)17,13(18,19)20)8-4-2-1-3-5-8/h1-7H. The highest BCUT2D eigenvalue weighted by atomic mass is 35.5. The van der Waals surface area contributed by atoms with Gasteiger partial charge in [0.2, 0.25) is 0 Å². The van der Waals surface area contributed by atoms with Gasteiger partial charge in [-0.15, -0.1) is 11.3 Å². The first kappa shape index (κ1) is 20.0. The number of alkyl halides is 6. The zero-order valence-electron chi connectivity index (χ0n) is 11.7. The molecule has 0 atom stereocenters. The van der Waals surface area contributed by atoms with Crippen molar-refractivity contribution in [1.82, 2.24) is 0 Å². The van der Waals surface area contributed by atoms with Crippen molar-refractivity contribution in [3.63, 3.8) is 0 Å². The number of rotatable bonds is 4. The van der Waals surface area contributed by atoms with E-state index in [1.165, 1.54) is 6.07 Å². The largest absolute Gasteiger partial charge is 0.432 e. The number of halogens is 7. The second-order valence-corrected chi connectivity index (χ2v) is 8.13. The van der Waals surface area contributed by atoms with Crippen LogP contribution in [0.1, 0.15) is 5.56 Å². The fourth-order valence-electron chi connectivity index (χ4n) is 1.94. The van der Waals surface area contributed by atoms with Gasteiger partial charge >= 0.3 is 28.1 Å². The van der Waals surface area contributed by atoms with E-state index >= 15 is 0 Å². The van der Waals surface area contributed by atoms with Crippen molar-refractivity contribution in [3.05, 3.63) is 52.4 Å². The van der Waals surface area contributed by atoms with Crippen LogP contribution in [0.5, 0.6) is 0 Å². The van der Waals surface area contributed by atoms with Crippen molar-refractivity contribution in [2.45, 2.75) is 22.2 Å². The van der Waals surface area contributed by atoms with Gasteiger partial charge in [0.15, 0.2) is 0 Å². The number of hydrogen-bond acceptors (Lipinski definition) is 4. The molecule has 0 bridgehead atoms. The third-order valence-corrected chi connectivity index (χ3v) is 5.99. The van der Waals surface area contributed by atoms with E-state index in [1.54, 1.807) is 0 Å². The first-order valence-corrected chi connectivity index (χ1v) is 8.81. The summed E-state index contributed by atoms with van der Waals surface area (Å²) in [5.41, 5.74) is -6.47. The lowest BCUT2D eigenvalue weighted by molar-refractivity contribution is -0.364. The minimum atomic E-state index is -6.11. The summed E-state index contributed by atoms with van der Waals surface area (Å²) in [5.74, 6) is 0. The molecule has 0 aliphatic carbocycles. The lowest BCUT2D eigenvalue weighted by Gasteiger charge is -2.36. The van der Waals surface area contributed by atoms with Crippen molar-refractivity contribution in [1.29, 1.82) is 0 Å². The molecule has 1 aromatic carbocycles. The molecule has 2 aromatic rings. The van der Waals surface area contributed by atoms with Crippen molar-refractivity contribution in [2.75, 3.05) is 0 Å². The Kier molecular flexibility index (Phi) is 5.17. The molecule has 0 fully saturated rings. The smallest absolute Gasteiger partial charge is 0.235 e. The fourth-order valence-corrected chi connectivity index (χ4v) is 4.57. The van der Waals surface area contributed by atoms with Gasteiger partial charge in [-0.1, -0.05) is 41.9 Å². The molecule has 0 aliphatic rings. The molecule has 0 saturated heterocycles. The maximum absolute atomic E-state index is 13.5. The van der Waals surface area contributed by atoms with Crippen molar-refractivity contribution in [2.24, 2.45) is 0 Å². The molecular formula is C13H7ClF6O3S2. The zero-order chi connectivity index (χ0) is 19.1. The van der Waals surface area contributed by atoms with Crippen LogP contribution < -0.4 is 0 Å². The van der Waals surface area contributed by atoms with Gasteiger partial charge in [0, 0.05) is 5.56 Å². The van der Waals surface area contributed by atoms with Gasteiger partial charge < -0.3 is 0 Å². The zero-order valence-corrected chi connectivity index (χ0v) is 14.1. The van der Waals surface area contributed by atoms with Crippen molar-refractivity contribution in [3.8, 4) is 0 Å². The first-order valence-electron chi connectivity index (χ1n) is 6.21. The van der Waals surface area contributed by atoms with Crippen LogP contribution >= 0.6 is 22.9 Å². The van der Waals surface area contributed by atoms with Crippen LogP contribution in [0.2, 0.25) is 4.34 Å². The number of hydrogen-bond donors (Lipinski definition) is 0. The van der Waals surface area contributed by atoms with E-state index in [9.17, 15) is 34.8 Å². The quantitative estimate of drug-likeness (QED) is 0.505. The molecule has 0 saturated carbocycles. The Balaban J connectivity index is 2.72. The Labute approximate surface area is 146 Å². The van der Waals surface area contributed by atoms with E-state index in [0.717, 1.165) is 24.3 Å². The maximum Gasteiger partial charge on any atom is 0.432 e. The summed E-state index contributed by atoms with van der Waals surface area (Å²) in [6, 6.07) is 5.71. The summed E-state index contributed by atoms with van der Waals surface area (Å²) in [7, 11) is -5.42. The van der Waals surface area contributed by atoms with E-state index in [1.807, 2.05) is 0 Å². The molecule has 1 heterocycles. The molecule has 0 radical (unpaired) electrons. The summed E-state index contributed by atoms with van der Waals surface area (Å²) >= 11 is 5.76. The second-order valence-electron chi connectivity index (χ2n) is 4.64. The van der Waals surface area contributed by atoms with Crippen molar-refractivity contribution >= 4 is 33.1 Å². The lowest BCUT2D eigenvalue weighted by Crippen LogP contribution is -2.56. The summed E-state index contributed by atoms with van der Waals surface area (Å²) < 4.78 is 108. The molecule has 138 valence electrons. The van der Waals surface area contributed by atoms with Crippen LogP contribution in [0.4, 0.5) is 26.3 Å². The Morgan fingerprint density at radius 3 is 1.80 bits per heavy atom. The molecular weight excluding hydrogens is 418 g/mol. The Morgan fingerprint density at radius 1 is 0.880 bits per heavy atom. The topological polar surface area (TPSA) is 43.4 Å². The second kappa shape index (κ2) is 6.45. The molecule has 0 aliphatic heterocycles. The number of thiophene rings is 1. The van der Waals surface area contributed by atoms with Crippen LogP contribution in [0, 0.1) is 0 Å². The third-order valence-electron chi connectivity index (χ3n) is 3.01. The van der Waals surface area contributed by atoms with Crippen LogP contribution in [-0.4, -0.2) is 20.8 Å². The monoisotopic (exact) mass is 424 g/mol. The van der Waals surface area contributed by atoms with Crippen molar-refractivity contribution < 1.29 is 38.9 Å². The van der Waals surface area contributed by atoms with E-state index < -0.39 is 37.8 Å². The lowest BCUT2D eigenvalue weighted by atomic mass is 9.92. The summed E-state index contributed by atoms with van der Waals surface area (Å²) in [6.45, 7) is 0. The summed E-state index contributed by atoms with van der Waals surface area (Å²) in [4.78, 5) is 0. The van der Waals surface area contributed by atoms with Crippen LogP contribution in [-0.2, 0) is 19.9 Å². The van der Waals surface area contributed by atoms with Gasteiger partial charge in [0.25, 0.3) is 0 Å². The molecule has 0 spiro atoms. The average molecular weight is 425 g/mol. The van der Waals surface area contributed by atoms with Gasteiger partial charge in [0.1, 0.15) is 4.21 Å². The van der Waals surface area contributed by atoms with E-state index in [4.69, 9.17) is 11.6 Å². The Bertz CT molecular complexity index is 829. The Morgan fingerprint density at radius 2 is 1.40 bits per heavy atom. The predicted molar refractivity (Wildman–Crippen MR) is 77.8 cm³/mol. The third kappa shape index (κ3) is 3.64. The first-order chi connectivity index (χ1) is 11.3. The number of benzene rings is 1. The highest BCUT2D eigenvalue weighted by Gasteiger charge is 2.75. The average Bonchev–Trinajstić information content (AvgIpc) is 2.90. The Hall–Kier alpha value is -1.30. The SMILES string of the molecule is O=S(=O)(OC(c1ccccc1)(C(F)(F)F)C(F)(F)F)c1ccc(Cl)s1. The maximum atomic E-state index is 13.5. The van der Waals surface area contributed by atoms with Gasteiger partial charge in [-0.2, -0.15) is 34.8 Å². The molecule has 0 amide bonds. The molecule has 0 unspecified atom stereocenters. The molecule has 0 N–H and O–H groups in total. The van der Waals surface area contributed by atoms with E-state index in [2.05, 4.69) is 4.18 Å². The molecule has 25 heavy (non-hydrogen) atoms. The van der Waals surface area contributed by atoms with Gasteiger partial charge in [0.05, 0.1) is 4.34 Å². The summed E-state index contributed by atoms with van der Waals surface area (Å²) in [5, 5.41) is 0. The van der Waals surface area contributed by atoms with E-state index in [-0.39, 0.29) is 15.7 Å². The summed E-state index contributed by atoms with van der Waals surface area (Å²) in [6.07, 6.45) is -12.2. The normalized spacial score (nSPS) is 13.9. The van der Waals surface area contributed by atoms with E-state index in [0.29, 0.717) is 12.1 Å². The van der Waals surface area contributed by atoms with Crippen LogP contribution in [0.25, 0.3) is 0 Å². The van der Waals surface area contributed by atoms with Gasteiger partial charge in [-0.3, -0.25) is 0 Å².